The molecule has 35 heavy (non-hydrogen) atoms. The Morgan fingerprint density at radius 2 is 1.66 bits per heavy atom. The summed E-state index contributed by atoms with van der Waals surface area (Å²) in [5, 5.41) is 12.2. The molecule has 3 rings (SSSR count). The molecule has 1 aliphatic carbocycles. The Balaban J connectivity index is 1.80. The molecule has 7 nitrogen and oxygen atoms in total. The van der Waals surface area contributed by atoms with Crippen LogP contribution in [0, 0.1) is 5.92 Å². The van der Waals surface area contributed by atoms with Crippen LogP contribution in [0.25, 0.3) is 11.1 Å². The van der Waals surface area contributed by atoms with Gasteiger partial charge in [0.2, 0.25) is 0 Å². The number of amides is 1. The van der Waals surface area contributed by atoms with Crippen LogP contribution in [0.5, 0.6) is 11.5 Å². The smallest absolute Gasteiger partial charge is 0.326 e. The normalized spacial score (nSPS) is 13.6. The number of hydrogen-bond donors (Lipinski definition) is 2. The lowest BCUT2D eigenvalue weighted by Gasteiger charge is -2.18. The SMILES string of the molecule is CCOCc1cc(OC)c(-c2ccc(C[C@H](NC(=O)C(=C(Cl)Cl)C3CC3)C(=O)O)cc2)c(OC)c1. The second kappa shape index (κ2) is 12.3. The molecule has 0 bridgehead atoms. The minimum absolute atomic E-state index is 0.0152. The third-order valence-electron chi connectivity index (χ3n) is 5.76. The number of halogens is 2. The zero-order valence-corrected chi connectivity index (χ0v) is 21.4. The topological polar surface area (TPSA) is 94.1 Å². The lowest BCUT2D eigenvalue weighted by molar-refractivity contribution is -0.141. The maximum absolute atomic E-state index is 12.6. The molecule has 0 spiro atoms. The molecular formula is C26H29Cl2NO6. The summed E-state index contributed by atoms with van der Waals surface area (Å²) < 4.78 is 16.6. The van der Waals surface area contributed by atoms with E-state index in [2.05, 4.69) is 5.32 Å². The average molecular weight is 522 g/mol. The summed E-state index contributed by atoms with van der Waals surface area (Å²) in [6, 6.07) is 10.0. The van der Waals surface area contributed by atoms with Crippen molar-refractivity contribution in [2.45, 2.75) is 38.8 Å². The van der Waals surface area contributed by atoms with Gasteiger partial charge in [-0.2, -0.15) is 0 Å². The van der Waals surface area contributed by atoms with Crippen molar-refractivity contribution in [3.05, 3.63) is 57.6 Å². The summed E-state index contributed by atoms with van der Waals surface area (Å²) in [5.74, 6) is -0.423. The van der Waals surface area contributed by atoms with Crippen LogP contribution in [0.3, 0.4) is 0 Å². The first-order chi connectivity index (χ1) is 16.8. The zero-order valence-electron chi connectivity index (χ0n) is 19.9. The summed E-state index contributed by atoms with van der Waals surface area (Å²) >= 11 is 11.7. The van der Waals surface area contributed by atoms with E-state index in [-0.39, 0.29) is 22.4 Å². The van der Waals surface area contributed by atoms with Gasteiger partial charge in [0, 0.05) is 13.0 Å². The van der Waals surface area contributed by atoms with E-state index in [9.17, 15) is 14.7 Å². The fraction of sp³-hybridized carbons (Fsp3) is 0.385. The Morgan fingerprint density at radius 1 is 1.06 bits per heavy atom. The number of ether oxygens (including phenoxy) is 3. The van der Waals surface area contributed by atoms with E-state index in [1.54, 1.807) is 14.2 Å². The predicted octanol–water partition coefficient (Wildman–Crippen LogP) is 5.12. The first-order valence-corrected chi connectivity index (χ1v) is 12.0. The highest BCUT2D eigenvalue weighted by molar-refractivity contribution is 6.57. The van der Waals surface area contributed by atoms with Crippen LogP contribution in [0.15, 0.2) is 46.5 Å². The lowest BCUT2D eigenvalue weighted by atomic mass is 9.98. The number of carbonyl (C=O) groups excluding carboxylic acids is 1. The molecule has 1 fully saturated rings. The average Bonchev–Trinajstić information content (AvgIpc) is 3.66. The zero-order chi connectivity index (χ0) is 25.5. The molecule has 1 saturated carbocycles. The second-order valence-electron chi connectivity index (χ2n) is 8.23. The third kappa shape index (κ3) is 6.90. The van der Waals surface area contributed by atoms with Crippen molar-refractivity contribution in [2.75, 3.05) is 20.8 Å². The van der Waals surface area contributed by atoms with Gasteiger partial charge in [-0.15, -0.1) is 0 Å². The number of hydrogen-bond acceptors (Lipinski definition) is 5. The molecule has 188 valence electrons. The van der Waals surface area contributed by atoms with E-state index in [1.165, 1.54) is 0 Å². The van der Waals surface area contributed by atoms with Gasteiger partial charge < -0.3 is 24.6 Å². The summed E-state index contributed by atoms with van der Waals surface area (Å²) in [5.41, 5.74) is 3.54. The van der Waals surface area contributed by atoms with Gasteiger partial charge in [0.15, 0.2) is 0 Å². The molecule has 0 saturated heterocycles. The van der Waals surface area contributed by atoms with Crippen LogP contribution in [0.1, 0.15) is 30.9 Å². The molecule has 1 amide bonds. The number of rotatable bonds is 12. The van der Waals surface area contributed by atoms with Crippen LogP contribution in [0.2, 0.25) is 0 Å². The summed E-state index contributed by atoms with van der Waals surface area (Å²) in [4.78, 5) is 24.4. The van der Waals surface area contributed by atoms with Crippen molar-refractivity contribution < 1.29 is 28.9 Å². The van der Waals surface area contributed by atoms with Crippen molar-refractivity contribution >= 4 is 35.1 Å². The molecule has 0 aromatic heterocycles. The van der Waals surface area contributed by atoms with E-state index in [0.717, 1.165) is 35.1 Å². The Morgan fingerprint density at radius 3 is 2.11 bits per heavy atom. The number of aliphatic carboxylic acids is 1. The van der Waals surface area contributed by atoms with Crippen molar-refractivity contribution in [2.24, 2.45) is 5.92 Å². The number of carbonyl (C=O) groups is 2. The molecule has 0 radical (unpaired) electrons. The van der Waals surface area contributed by atoms with Crippen molar-refractivity contribution in [1.29, 1.82) is 0 Å². The number of nitrogens with one attached hydrogen (secondary N) is 1. The maximum Gasteiger partial charge on any atom is 0.326 e. The molecule has 2 N–H and O–H groups in total. The van der Waals surface area contributed by atoms with Crippen molar-refractivity contribution in [3.63, 3.8) is 0 Å². The van der Waals surface area contributed by atoms with Gasteiger partial charge in [-0.3, -0.25) is 4.79 Å². The summed E-state index contributed by atoms with van der Waals surface area (Å²) in [6.45, 7) is 2.97. The highest BCUT2D eigenvalue weighted by Crippen LogP contribution is 2.41. The molecule has 0 heterocycles. The predicted molar refractivity (Wildman–Crippen MR) is 135 cm³/mol. The fourth-order valence-electron chi connectivity index (χ4n) is 3.83. The first-order valence-electron chi connectivity index (χ1n) is 11.3. The summed E-state index contributed by atoms with van der Waals surface area (Å²) in [6.07, 6.45) is 1.72. The summed E-state index contributed by atoms with van der Waals surface area (Å²) in [7, 11) is 3.18. The Bertz CT molecular complexity index is 1070. The monoisotopic (exact) mass is 521 g/mol. The van der Waals surface area contributed by atoms with Crippen LogP contribution >= 0.6 is 23.2 Å². The molecule has 1 aliphatic rings. The van der Waals surface area contributed by atoms with E-state index in [1.807, 2.05) is 43.3 Å². The van der Waals surface area contributed by atoms with Crippen LogP contribution in [-0.4, -0.2) is 43.9 Å². The van der Waals surface area contributed by atoms with Crippen LogP contribution < -0.4 is 14.8 Å². The van der Waals surface area contributed by atoms with E-state index in [0.29, 0.717) is 24.7 Å². The van der Waals surface area contributed by atoms with E-state index in [4.69, 9.17) is 37.4 Å². The Hall–Kier alpha value is -2.74. The maximum atomic E-state index is 12.6. The van der Waals surface area contributed by atoms with Gasteiger partial charge >= 0.3 is 5.97 Å². The highest BCUT2D eigenvalue weighted by atomic mass is 35.5. The lowest BCUT2D eigenvalue weighted by Crippen LogP contribution is -2.43. The highest BCUT2D eigenvalue weighted by Gasteiger charge is 2.34. The number of carboxylic acids is 1. The van der Waals surface area contributed by atoms with Gasteiger partial charge in [-0.05, 0) is 54.5 Å². The molecule has 0 aliphatic heterocycles. The van der Waals surface area contributed by atoms with E-state index < -0.39 is 17.9 Å². The van der Waals surface area contributed by atoms with Crippen molar-refractivity contribution in [1.82, 2.24) is 5.32 Å². The molecule has 2 aromatic carbocycles. The van der Waals surface area contributed by atoms with Gasteiger partial charge in [-0.25, -0.2) is 4.79 Å². The number of benzene rings is 2. The standard InChI is InChI=1S/C26H29Cl2NO6/c1-4-35-14-16-12-20(33-2)22(21(13-16)34-3)17-7-5-15(6-8-17)11-19(26(31)32)29-25(30)23(24(27)28)18-9-10-18/h5-8,12-13,18-19H,4,9-11,14H2,1-3H3,(H,29,30)(H,31,32)/t19-/m0/s1. The Kier molecular flexibility index (Phi) is 9.43. The van der Waals surface area contributed by atoms with Gasteiger partial charge in [0.05, 0.1) is 32.0 Å². The molecule has 9 heteroatoms. The minimum atomic E-state index is -1.14. The van der Waals surface area contributed by atoms with Crippen molar-refractivity contribution in [3.8, 4) is 22.6 Å². The molecule has 1 atom stereocenters. The Labute approximate surface area is 215 Å². The van der Waals surface area contributed by atoms with Crippen LogP contribution in [-0.2, 0) is 27.4 Å². The van der Waals surface area contributed by atoms with Gasteiger partial charge in [0.25, 0.3) is 5.91 Å². The second-order valence-corrected chi connectivity index (χ2v) is 9.18. The largest absolute Gasteiger partial charge is 0.496 e. The van der Waals surface area contributed by atoms with Gasteiger partial charge in [0.1, 0.15) is 22.0 Å². The number of carboxylic acid groups (broad SMARTS) is 1. The van der Waals surface area contributed by atoms with Crippen LogP contribution in [0.4, 0.5) is 0 Å². The molecule has 0 unspecified atom stereocenters. The third-order valence-corrected chi connectivity index (χ3v) is 6.17. The first kappa shape index (κ1) is 26.9. The molecule has 2 aromatic rings. The quantitative estimate of drug-likeness (QED) is 0.376. The molecular weight excluding hydrogens is 493 g/mol. The van der Waals surface area contributed by atoms with E-state index >= 15 is 0 Å². The minimum Gasteiger partial charge on any atom is -0.496 e. The number of methoxy groups -OCH3 is 2. The van der Waals surface area contributed by atoms with Gasteiger partial charge in [-0.1, -0.05) is 47.5 Å². The fourth-order valence-corrected chi connectivity index (χ4v) is 4.31.